The number of amides is 1. The van der Waals surface area contributed by atoms with Crippen LogP contribution < -0.4 is 11.1 Å². The van der Waals surface area contributed by atoms with Crippen LogP contribution in [-0.4, -0.2) is 41.4 Å². The number of carbonyl (C=O) groups excluding carboxylic acids is 1. The molecule has 1 aromatic carbocycles. The van der Waals surface area contributed by atoms with Crippen molar-refractivity contribution in [1.82, 2.24) is 10.2 Å². The molecule has 1 amide bonds. The first-order valence-corrected chi connectivity index (χ1v) is 8.52. The third-order valence-corrected chi connectivity index (χ3v) is 4.55. The van der Waals surface area contributed by atoms with E-state index in [2.05, 4.69) is 10.2 Å². The molecule has 24 heavy (non-hydrogen) atoms. The van der Waals surface area contributed by atoms with E-state index < -0.39 is 4.92 Å². The Balaban J connectivity index is 1.99. The Morgan fingerprint density at radius 2 is 2.25 bits per heavy atom. The number of piperidine rings is 1. The van der Waals surface area contributed by atoms with Gasteiger partial charge in [-0.3, -0.25) is 19.8 Å². The van der Waals surface area contributed by atoms with Crippen LogP contribution in [0.4, 0.5) is 5.69 Å². The van der Waals surface area contributed by atoms with Gasteiger partial charge < -0.3 is 11.1 Å². The Labute approximate surface area is 146 Å². The summed E-state index contributed by atoms with van der Waals surface area (Å²) in [6.07, 6.45) is 3.59. The fourth-order valence-corrected chi connectivity index (χ4v) is 3.25. The van der Waals surface area contributed by atoms with Crippen molar-refractivity contribution in [2.45, 2.75) is 38.3 Å². The number of nitrogens with two attached hydrogens (primary N) is 1. The molecule has 1 atom stereocenters. The van der Waals surface area contributed by atoms with Gasteiger partial charge in [0.1, 0.15) is 5.02 Å². The van der Waals surface area contributed by atoms with Gasteiger partial charge >= 0.3 is 0 Å². The van der Waals surface area contributed by atoms with Gasteiger partial charge in [0.2, 0.25) is 5.91 Å². The lowest BCUT2D eigenvalue weighted by molar-refractivity contribution is -0.384. The average molecular weight is 355 g/mol. The van der Waals surface area contributed by atoms with Crippen LogP contribution in [0.5, 0.6) is 0 Å². The van der Waals surface area contributed by atoms with Gasteiger partial charge in [-0.15, -0.1) is 0 Å². The van der Waals surface area contributed by atoms with E-state index in [-0.39, 0.29) is 22.7 Å². The maximum atomic E-state index is 11.6. The number of nitrogens with one attached hydrogen (secondary N) is 1. The molecule has 1 heterocycles. The number of hydrogen-bond donors (Lipinski definition) is 2. The Morgan fingerprint density at radius 3 is 2.92 bits per heavy atom. The first-order chi connectivity index (χ1) is 11.5. The molecule has 2 rings (SSSR count). The van der Waals surface area contributed by atoms with Crippen molar-refractivity contribution in [3.05, 3.63) is 38.9 Å². The third-order valence-electron chi connectivity index (χ3n) is 4.25. The molecule has 1 aromatic rings. The van der Waals surface area contributed by atoms with Crippen molar-refractivity contribution in [3.8, 4) is 0 Å². The molecule has 0 radical (unpaired) electrons. The minimum Gasteiger partial charge on any atom is -0.354 e. The minimum atomic E-state index is -0.483. The van der Waals surface area contributed by atoms with Gasteiger partial charge in [0.05, 0.1) is 4.92 Å². The van der Waals surface area contributed by atoms with Crippen molar-refractivity contribution in [3.63, 3.8) is 0 Å². The summed E-state index contributed by atoms with van der Waals surface area (Å²) in [5.74, 6) is -0.0265. The Kier molecular flexibility index (Phi) is 6.96. The minimum absolute atomic E-state index is 0.0265. The molecule has 1 unspecified atom stereocenters. The van der Waals surface area contributed by atoms with Crippen LogP contribution in [0.25, 0.3) is 0 Å². The predicted molar refractivity (Wildman–Crippen MR) is 92.8 cm³/mol. The quantitative estimate of drug-likeness (QED) is 0.576. The number of nitrogens with zero attached hydrogens (tertiary/aromatic N) is 2. The Bertz CT molecular complexity index is 597. The molecule has 132 valence electrons. The fraction of sp³-hybridized carbons (Fsp3) is 0.562. The highest BCUT2D eigenvalue weighted by molar-refractivity contribution is 6.32. The first-order valence-electron chi connectivity index (χ1n) is 8.15. The van der Waals surface area contributed by atoms with Gasteiger partial charge in [-0.05, 0) is 31.0 Å². The molecule has 1 saturated heterocycles. The van der Waals surface area contributed by atoms with Crippen LogP contribution in [0.3, 0.4) is 0 Å². The maximum absolute atomic E-state index is 11.6. The van der Waals surface area contributed by atoms with E-state index in [1.165, 1.54) is 6.07 Å². The highest BCUT2D eigenvalue weighted by Gasteiger charge is 2.23. The second kappa shape index (κ2) is 8.96. The van der Waals surface area contributed by atoms with Crippen molar-refractivity contribution in [2.75, 3.05) is 19.6 Å². The van der Waals surface area contributed by atoms with Gasteiger partial charge in [-0.1, -0.05) is 24.1 Å². The second-order valence-corrected chi connectivity index (χ2v) is 6.41. The molecule has 0 spiro atoms. The van der Waals surface area contributed by atoms with Gasteiger partial charge in [0, 0.05) is 38.2 Å². The van der Waals surface area contributed by atoms with Crippen molar-refractivity contribution in [2.24, 2.45) is 5.73 Å². The molecular formula is C16H23ClN4O3. The number of benzene rings is 1. The van der Waals surface area contributed by atoms with E-state index in [1.807, 2.05) is 0 Å². The molecule has 1 fully saturated rings. The van der Waals surface area contributed by atoms with Crippen LogP contribution in [0, 0.1) is 10.1 Å². The number of likely N-dealkylation sites (tertiary alicyclic amines) is 1. The zero-order valence-electron chi connectivity index (χ0n) is 13.5. The van der Waals surface area contributed by atoms with E-state index in [9.17, 15) is 14.9 Å². The van der Waals surface area contributed by atoms with E-state index in [1.54, 1.807) is 12.1 Å². The van der Waals surface area contributed by atoms with E-state index in [0.29, 0.717) is 26.1 Å². The summed E-state index contributed by atoms with van der Waals surface area (Å²) >= 11 is 5.99. The second-order valence-electron chi connectivity index (χ2n) is 6.01. The molecule has 0 aromatic heterocycles. The molecule has 0 saturated carbocycles. The zero-order chi connectivity index (χ0) is 17.5. The monoisotopic (exact) mass is 354 g/mol. The molecule has 8 heteroatoms. The van der Waals surface area contributed by atoms with Crippen LogP contribution in [0.15, 0.2) is 18.2 Å². The third kappa shape index (κ3) is 5.15. The normalized spacial score (nSPS) is 18.3. The number of carbonyl (C=O) groups is 1. The summed E-state index contributed by atoms with van der Waals surface area (Å²) < 4.78 is 0. The number of halogens is 1. The smallest absolute Gasteiger partial charge is 0.287 e. The lowest BCUT2D eigenvalue weighted by Crippen LogP contribution is -2.46. The number of hydrogen-bond acceptors (Lipinski definition) is 5. The molecular weight excluding hydrogens is 332 g/mol. The lowest BCUT2D eigenvalue weighted by Gasteiger charge is -2.36. The highest BCUT2D eigenvalue weighted by Crippen LogP contribution is 2.27. The molecule has 3 N–H and O–H groups in total. The SMILES string of the molecule is NCCC(=O)NCC1CCCCN1Cc1ccc([N+](=O)[O-])c(Cl)c1. The van der Waals surface area contributed by atoms with Crippen molar-refractivity contribution in [1.29, 1.82) is 0 Å². The Hall–Kier alpha value is -1.70. The summed E-state index contributed by atoms with van der Waals surface area (Å²) in [4.78, 5) is 24.3. The van der Waals surface area contributed by atoms with Crippen molar-refractivity contribution < 1.29 is 9.72 Å². The number of nitro benzene ring substituents is 1. The highest BCUT2D eigenvalue weighted by atomic mass is 35.5. The average Bonchev–Trinajstić information content (AvgIpc) is 2.54. The Morgan fingerprint density at radius 1 is 1.46 bits per heavy atom. The van der Waals surface area contributed by atoms with Crippen LogP contribution in [0.1, 0.15) is 31.2 Å². The fourth-order valence-electron chi connectivity index (χ4n) is 2.98. The van der Waals surface area contributed by atoms with Gasteiger partial charge in [-0.2, -0.15) is 0 Å². The standard InChI is InChI=1S/C16H23ClN4O3/c17-14-9-12(4-5-15(14)21(23)24)11-20-8-2-1-3-13(20)10-19-16(22)6-7-18/h4-5,9,13H,1-3,6-8,10-11,18H2,(H,19,22). The molecule has 1 aliphatic rings. The van der Waals surface area contributed by atoms with E-state index in [4.69, 9.17) is 17.3 Å². The number of nitro groups is 1. The van der Waals surface area contributed by atoms with Crippen molar-refractivity contribution >= 4 is 23.2 Å². The summed E-state index contributed by atoms with van der Waals surface area (Å²) in [6.45, 7) is 2.54. The summed E-state index contributed by atoms with van der Waals surface area (Å²) in [5, 5.41) is 13.9. The maximum Gasteiger partial charge on any atom is 0.287 e. The van der Waals surface area contributed by atoms with Crippen LogP contribution >= 0.6 is 11.6 Å². The molecule has 0 bridgehead atoms. The van der Waals surface area contributed by atoms with E-state index >= 15 is 0 Å². The van der Waals surface area contributed by atoms with Crippen LogP contribution in [-0.2, 0) is 11.3 Å². The topological polar surface area (TPSA) is 102 Å². The zero-order valence-corrected chi connectivity index (χ0v) is 14.3. The van der Waals surface area contributed by atoms with Gasteiger partial charge in [0.15, 0.2) is 0 Å². The predicted octanol–water partition coefficient (Wildman–Crippen LogP) is 2.07. The summed E-state index contributed by atoms with van der Waals surface area (Å²) in [5.41, 5.74) is 6.24. The van der Waals surface area contributed by atoms with Gasteiger partial charge in [-0.25, -0.2) is 0 Å². The summed E-state index contributed by atoms with van der Waals surface area (Å²) in [7, 11) is 0. The largest absolute Gasteiger partial charge is 0.354 e. The number of rotatable bonds is 7. The lowest BCUT2D eigenvalue weighted by atomic mass is 10.0. The first kappa shape index (κ1) is 18.6. The molecule has 0 aliphatic carbocycles. The summed E-state index contributed by atoms with van der Waals surface area (Å²) in [6, 6.07) is 5.09. The van der Waals surface area contributed by atoms with E-state index in [0.717, 1.165) is 31.4 Å². The van der Waals surface area contributed by atoms with Gasteiger partial charge in [0.25, 0.3) is 5.69 Å². The van der Waals surface area contributed by atoms with Crippen LogP contribution in [0.2, 0.25) is 5.02 Å². The molecule has 1 aliphatic heterocycles. The molecule has 7 nitrogen and oxygen atoms in total.